The zero-order valence-electron chi connectivity index (χ0n) is 10.8. The zero-order chi connectivity index (χ0) is 15.2. The summed E-state index contributed by atoms with van der Waals surface area (Å²) in [5.41, 5.74) is -1.75. The van der Waals surface area contributed by atoms with Crippen LogP contribution in [0.15, 0.2) is 30.3 Å². The summed E-state index contributed by atoms with van der Waals surface area (Å²) in [4.78, 5) is 33.5. The highest BCUT2D eigenvalue weighted by Crippen LogP contribution is 2.25. The van der Waals surface area contributed by atoms with E-state index in [0.717, 1.165) is 0 Å². The fourth-order valence-corrected chi connectivity index (χ4v) is 1.84. The minimum absolute atomic E-state index is 0.228. The molecule has 0 aliphatic rings. The topological polar surface area (TPSA) is 112 Å². The summed E-state index contributed by atoms with van der Waals surface area (Å²) in [6.45, 7) is 0. The maximum Gasteiger partial charge on any atom is 0.303 e. The van der Waals surface area contributed by atoms with Crippen LogP contribution in [0.4, 0.5) is 0 Å². The van der Waals surface area contributed by atoms with Crippen LogP contribution in [0.1, 0.15) is 36.0 Å². The maximum absolute atomic E-state index is 12.3. The summed E-state index contributed by atoms with van der Waals surface area (Å²) in [5, 5.41) is 27.7. The molecule has 0 aliphatic heterocycles. The molecule has 0 spiro atoms. The van der Waals surface area contributed by atoms with Gasteiger partial charge in [0.1, 0.15) is 5.60 Å². The van der Waals surface area contributed by atoms with Crippen LogP contribution in [-0.2, 0) is 9.59 Å². The Kier molecular flexibility index (Phi) is 5.40. The fraction of sp³-hybridized carbons (Fsp3) is 0.357. The Hall–Kier alpha value is -2.21. The first-order valence-corrected chi connectivity index (χ1v) is 6.11. The number of benzene rings is 1. The molecule has 0 unspecified atom stereocenters. The van der Waals surface area contributed by atoms with Gasteiger partial charge in [0.15, 0.2) is 5.78 Å². The van der Waals surface area contributed by atoms with Gasteiger partial charge >= 0.3 is 11.9 Å². The molecule has 0 radical (unpaired) electrons. The van der Waals surface area contributed by atoms with Crippen LogP contribution in [0.3, 0.4) is 0 Å². The third-order valence-corrected chi connectivity index (χ3v) is 2.96. The second-order valence-corrected chi connectivity index (χ2v) is 4.51. The molecule has 0 heterocycles. The quantitative estimate of drug-likeness (QED) is 0.619. The first kappa shape index (κ1) is 15.8. The zero-order valence-corrected chi connectivity index (χ0v) is 10.8. The van der Waals surface area contributed by atoms with Gasteiger partial charge in [0.25, 0.3) is 0 Å². The molecule has 6 heteroatoms. The van der Waals surface area contributed by atoms with E-state index in [1.807, 2.05) is 0 Å². The largest absolute Gasteiger partial charge is 0.481 e. The molecule has 108 valence electrons. The number of hydrogen-bond acceptors (Lipinski definition) is 4. The maximum atomic E-state index is 12.3. The highest BCUT2D eigenvalue weighted by atomic mass is 16.4. The lowest BCUT2D eigenvalue weighted by Crippen LogP contribution is -2.39. The Balaban J connectivity index is 2.93. The summed E-state index contributed by atoms with van der Waals surface area (Å²) >= 11 is 0. The Morgan fingerprint density at radius 1 is 0.900 bits per heavy atom. The number of aliphatic carboxylic acids is 2. The highest BCUT2D eigenvalue weighted by molar-refractivity contribution is 6.02. The predicted molar refractivity (Wildman–Crippen MR) is 69.5 cm³/mol. The standard InChI is InChI=1S/C14H16O6/c15-11(16)6-8-14(20,9-7-12(17)18)13(19)10-4-2-1-3-5-10/h1-5,20H,6-9H2,(H,15,16)(H,17,18). The van der Waals surface area contributed by atoms with Crippen molar-refractivity contribution in [1.82, 2.24) is 0 Å². The molecule has 0 atom stereocenters. The molecule has 0 aliphatic carbocycles. The first-order chi connectivity index (χ1) is 9.35. The number of ketones is 1. The van der Waals surface area contributed by atoms with Gasteiger partial charge in [-0.2, -0.15) is 0 Å². The van der Waals surface area contributed by atoms with E-state index in [-0.39, 0.29) is 18.4 Å². The van der Waals surface area contributed by atoms with Gasteiger partial charge in [0.05, 0.1) is 0 Å². The second kappa shape index (κ2) is 6.81. The number of carbonyl (C=O) groups excluding carboxylic acids is 1. The molecule has 0 aromatic heterocycles. The molecule has 0 fully saturated rings. The van der Waals surface area contributed by atoms with E-state index in [0.29, 0.717) is 0 Å². The van der Waals surface area contributed by atoms with E-state index in [2.05, 4.69) is 0 Å². The summed E-state index contributed by atoms with van der Waals surface area (Å²) in [6, 6.07) is 7.91. The van der Waals surface area contributed by atoms with Gasteiger partial charge in [-0.15, -0.1) is 0 Å². The van der Waals surface area contributed by atoms with Gasteiger partial charge in [-0.1, -0.05) is 30.3 Å². The van der Waals surface area contributed by atoms with Gasteiger partial charge in [0, 0.05) is 18.4 Å². The number of aliphatic hydroxyl groups is 1. The lowest BCUT2D eigenvalue weighted by Gasteiger charge is -2.25. The van der Waals surface area contributed by atoms with Crippen molar-refractivity contribution in [2.75, 3.05) is 0 Å². The van der Waals surface area contributed by atoms with Crippen molar-refractivity contribution < 1.29 is 29.7 Å². The molecule has 1 rings (SSSR count). The SMILES string of the molecule is O=C(O)CCC(O)(CCC(=O)O)C(=O)c1ccccc1. The van der Waals surface area contributed by atoms with E-state index in [1.165, 1.54) is 12.1 Å². The van der Waals surface area contributed by atoms with Gasteiger partial charge in [-0.05, 0) is 12.8 Å². The molecule has 0 saturated carbocycles. The van der Waals surface area contributed by atoms with E-state index in [1.54, 1.807) is 18.2 Å². The highest BCUT2D eigenvalue weighted by Gasteiger charge is 2.37. The van der Waals surface area contributed by atoms with Crippen LogP contribution in [-0.4, -0.2) is 38.6 Å². The van der Waals surface area contributed by atoms with E-state index in [9.17, 15) is 19.5 Å². The summed E-state index contributed by atoms with van der Waals surface area (Å²) in [5.74, 6) is -2.96. The average Bonchev–Trinajstić information content (AvgIpc) is 2.43. The minimum Gasteiger partial charge on any atom is -0.481 e. The number of rotatable bonds is 8. The molecule has 1 aromatic carbocycles. The normalized spacial score (nSPS) is 11.1. The van der Waals surface area contributed by atoms with E-state index < -0.39 is 36.2 Å². The molecule has 0 bridgehead atoms. The van der Waals surface area contributed by atoms with Crippen molar-refractivity contribution in [3.05, 3.63) is 35.9 Å². The summed E-state index contributed by atoms with van der Waals surface area (Å²) < 4.78 is 0. The van der Waals surface area contributed by atoms with Crippen LogP contribution >= 0.6 is 0 Å². The molecule has 20 heavy (non-hydrogen) atoms. The molecule has 3 N–H and O–H groups in total. The van der Waals surface area contributed by atoms with Crippen LogP contribution in [0.25, 0.3) is 0 Å². The molecule has 6 nitrogen and oxygen atoms in total. The first-order valence-electron chi connectivity index (χ1n) is 6.11. The van der Waals surface area contributed by atoms with Crippen LogP contribution in [0.5, 0.6) is 0 Å². The molecular formula is C14H16O6. The molecule has 0 saturated heterocycles. The molecule has 0 amide bonds. The smallest absolute Gasteiger partial charge is 0.303 e. The van der Waals surface area contributed by atoms with Crippen molar-refractivity contribution in [3.63, 3.8) is 0 Å². The van der Waals surface area contributed by atoms with Crippen molar-refractivity contribution in [3.8, 4) is 0 Å². The van der Waals surface area contributed by atoms with Crippen LogP contribution < -0.4 is 0 Å². The monoisotopic (exact) mass is 280 g/mol. The van der Waals surface area contributed by atoms with Crippen molar-refractivity contribution in [1.29, 1.82) is 0 Å². The van der Waals surface area contributed by atoms with Crippen LogP contribution in [0.2, 0.25) is 0 Å². The minimum atomic E-state index is -1.97. The lowest BCUT2D eigenvalue weighted by atomic mass is 9.84. The Labute approximate surface area is 115 Å². The van der Waals surface area contributed by atoms with Crippen molar-refractivity contribution in [2.24, 2.45) is 0 Å². The van der Waals surface area contributed by atoms with Crippen molar-refractivity contribution >= 4 is 17.7 Å². The molecular weight excluding hydrogens is 264 g/mol. The number of carboxylic acids is 2. The molecule has 1 aromatic rings. The van der Waals surface area contributed by atoms with E-state index in [4.69, 9.17) is 10.2 Å². The second-order valence-electron chi connectivity index (χ2n) is 4.51. The van der Waals surface area contributed by atoms with Gasteiger partial charge in [-0.3, -0.25) is 14.4 Å². The number of carboxylic acid groups (broad SMARTS) is 2. The van der Waals surface area contributed by atoms with E-state index >= 15 is 0 Å². The van der Waals surface area contributed by atoms with Gasteiger partial charge in [-0.25, -0.2) is 0 Å². The third-order valence-electron chi connectivity index (χ3n) is 2.96. The van der Waals surface area contributed by atoms with Crippen molar-refractivity contribution in [2.45, 2.75) is 31.3 Å². The predicted octanol–water partition coefficient (Wildman–Crippen LogP) is 1.33. The van der Waals surface area contributed by atoms with Crippen LogP contribution in [0, 0.1) is 0 Å². The lowest BCUT2D eigenvalue weighted by molar-refractivity contribution is -0.138. The van der Waals surface area contributed by atoms with Gasteiger partial charge in [0.2, 0.25) is 0 Å². The fourth-order valence-electron chi connectivity index (χ4n) is 1.84. The Bertz CT molecular complexity index is 476. The number of Topliss-reactive ketones (excluding diaryl/α,β-unsaturated/α-hetero) is 1. The number of carbonyl (C=O) groups is 3. The number of hydrogen-bond donors (Lipinski definition) is 3. The summed E-state index contributed by atoms with van der Waals surface area (Å²) in [6.07, 6.45) is -1.45. The Morgan fingerprint density at radius 3 is 1.75 bits per heavy atom. The third kappa shape index (κ3) is 4.47. The summed E-state index contributed by atoms with van der Waals surface area (Å²) in [7, 11) is 0. The average molecular weight is 280 g/mol. The Morgan fingerprint density at radius 2 is 1.35 bits per heavy atom. The van der Waals surface area contributed by atoms with Gasteiger partial charge < -0.3 is 15.3 Å².